The molecule has 1 aliphatic heterocycles. The van der Waals surface area contributed by atoms with Crippen LogP contribution in [0.2, 0.25) is 0 Å². The molecular weight excluding hydrogens is 282 g/mol. The molecule has 106 valence electrons. The summed E-state index contributed by atoms with van der Waals surface area (Å²) in [6, 6.07) is 3.41. The van der Waals surface area contributed by atoms with Crippen molar-refractivity contribution >= 4 is 10.0 Å². The molecule has 0 aliphatic carbocycles. The summed E-state index contributed by atoms with van der Waals surface area (Å²) in [5.41, 5.74) is 0. The molecule has 3 heterocycles. The zero-order valence-corrected chi connectivity index (χ0v) is 11.3. The maximum atomic E-state index is 12.3. The molecule has 1 atom stereocenters. The van der Waals surface area contributed by atoms with E-state index in [1.54, 1.807) is 18.3 Å². The maximum absolute atomic E-state index is 12.3. The van der Waals surface area contributed by atoms with Crippen molar-refractivity contribution in [3.05, 3.63) is 30.9 Å². The molecule has 1 fully saturated rings. The Labute approximate surface area is 115 Å². The van der Waals surface area contributed by atoms with E-state index in [9.17, 15) is 8.42 Å². The van der Waals surface area contributed by atoms with Gasteiger partial charge in [0.2, 0.25) is 5.88 Å². The average Bonchev–Trinajstić information content (AvgIpc) is 3.11. The van der Waals surface area contributed by atoms with Crippen LogP contribution >= 0.6 is 0 Å². The van der Waals surface area contributed by atoms with E-state index < -0.39 is 10.0 Å². The Morgan fingerprint density at radius 1 is 1.45 bits per heavy atom. The van der Waals surface area contributed by atoms with Crippen molar-refractivity contribution in [1.82, 2.24) is 24.5 Å². The van der Waals surface area contributed by atoms with Crippen molar-refractivity contribution < 1.29 is 13.2 Å². The molecule has 3 rings (SSSR count). The highest BCUT2D eigenvalue weighted by Crippen LogP contribution is 2.21. The predicted octanol–water partition coefficient (Wildman–Crippen LogP) is 0.0417. The van der Waals surface area contributed by atoms with Gasteiger partial charge in [0.15, 0.2) is 5.03 Å². The Bertz CT molecular complexity index is 659. The van der Waals surface area contributed by atoms with Crippen molar-refractivity contribution in [2.45, 2.75) is 17.6 Å². The van der Waals surface area contributed by atoms with Gasteiger partial charge >= 0.3 is 0 Å². The molecule has 0 amide bonds. The van der Waals surface area contributed by atoms with Gasteiger partial charge in [-0.15, -0.1) is 5.10 Å². The van der Waals surface area contributed by atoms with Crippen molar-refractivity contribution in [1.29, 1.82) is 0 Å². The van der Waals surface area contributed by atoms with E-state index in [4.69, 9.17) is 4.74 Å². The van der Waals surface area contributed by atoms with Gasteiger partial charge in [-0.3, -0.25) is 0 Å². The van der Waals surface area contributed by atoms with Crippen molar-refractivity contribution in [3.63, 3.8) is 0 Å². The fourth-order valence-electron chi connectivity index (χ4n) is 2.06. The quantitative estimate of drug-likeness (QED) is 0.854. The second-order valence-corrected chi connectivity index (χ2v) is 6.28. The second kappa shape index (κ2) is 5.17. The highest BCUT2D eigenvalue weighted by Gasteiger charge is 2.34. The Morgan fingerprint density at radius 3 is 3.05 bits per heavy atom. The van der Waals surface area contributed by atoms with Crippen LogP contribution in [-0.2, 0) is 10.0 Å². The van der Waals surface area contributed by atoms with Gasteiger partial charge in [0, 0.05) is 18.8 Å². The first-order valence-electron chi connectivity index (χ1n) is 6.09. The highest BCUT2D eigenvalue weighted by atomic mass is 32.2. The highest BCUT2D eigenvalue weighted by molar-refractivity contribution is 7.89. The lowest BCUT2D eigenvalue weighted by Crippen LogP contribution is -2.31. The second-order valence-electron chi connectivity index (χ2n) is 4.37. The molecule has 1 N–H and O–H groups in total. The number of aromatic amines is 1. The molecule has 2 aromatic rings. The number of sulfonamides is 1. The van der Waals surface area contributed by atoms with Crippen LogP contribution in [0.3, 0.4) is 0 Å². The van der Waals surface area contributed by atoms with E-state index in [1.165, 1.54) is 16.8 Å². The molecule has 1 unspecified atom stereocenters. The zero-order chi connectivity index (χ0) is 14.0. The third-order valence-corrected chi connectivity index (χ3v) is 4.82. The number of H-pyrrole nitrogens is 1. The Morgan fingerprint density at radius 2 is 2.35 bits per heavy atom. The molecule has 1 saturated heterocycles. The van der Waals surface area contributed by atoms with Crippen molar-refractivity contribution in [3.8, 4) is 5.88 Å². The summed E-state index contributed by atoms with van der Waals surface area (Å²) in [5.74, 6) is 0.401. The van der Waals surface area contributed by atoms with Crippen LogP contribution < -0.4 is 4.74 Å². The molecule has 20 heavy (non-hydrogen) atoms. The summed E-state index contributed by atoms with van der Waals surface area (Å²) in [4.78, 5) is 6.35. The Balaban J connectivity index is 1.68. The normalized spacial score (nSPS) is 20.1. The lowest BCUT2D eigenvalue weighted by atomic mass is 10.3. The third-order valence-electron chi connectivity index (χ3n) is 3.03. The number of nitrogens with zero attached hydrogens (tertiary/aromatic N) is 4. The SMILES string of the molecule is O=S(=O)(c1cnc[nH]1)N1CCC(Oc2cccnn2)C1. The smallest absolute Gasteiger partial charge is 0.260 e. The van der Waals surface area contributed by atoms with E-state index in [1.807, 2.05) is 0 Å². The van der Waals surface area contributed by atoms with E-state index in [-0.39, 0.29) is 17.7 Å². The van der Waals surface area contributed by atoms with Gasteiger partial charge in [0.1, 0.15) is 6.10 Å². The van der Waals surface area contributed by atoms with Crippen molar-refractivity contribution in [2.75, 3.05) is 13.1 Å². The molecule has 0 spiro atoms. The molecule has 1 aliphatic rings. The van der Waals surface area contributed by atoms with Crippen molar-refractivity contribution in [2.24, 2.45) is 0 Å². The largest absolute Gasteiger partial charge is 0.472 e. The van der Waals surface area contributed by atoms with Crippen LogP contribution in [0.1, 0.15) is 6.42 Å². The van der Waals surface area contributed by atoms with E-state index >= 15 is 0 Å². The van der Waals surface area contributed by atoms with Gasteiger partial charge < -0.3 is 9.72 Å². The van der Waals surface area contributed by atoms with Gasteiger partial charge in [-0.25, -0.2) is 13.4 Å². The van der Waals surface area contributed by atoms with Gasteiger partial charge in [0.05, 0.1) is 19.1 Å². The van der Waals surface area contributed by atoms with Crippen LogP contribution in [0.25, 0.3) is 0 Å². The Kier molecular flexibility index (Phi) is 3.36. The average molecular weight is 295 g/mol. The number of hydrogen-bond donors (Lipinski definition) is 1. The summed E-state index contributed by atoms with van der Waals surface area (Å²) in [6.45, 7) is 0.699. The monoisotopic (exact) mass is 295 g/mol. The van der Waals surface area contributed by atoms with Gasteiger partial charge in [-0.2, -0.15) is 9.40 Å². The van der Waals surface area contributed by atoms with Gasteiger partial charge in [-0.1, -0.05) is 0 Å². The summed E-state index contributed by atoms with van der Waals surface area (Å²) in [7, 11) is -3.52. The minimum atomic E-state index is -3.52. The molecular formula is C11H13N5O3S. The molecule has 8 nitrogen and oxygen atoms in total. The fourth-order valence-corrected chi connectivity index (χ4v) is 3.44. The number of hydrogen-bond acceptors (Lipinski definition) is 6. The number of aromatic nitrogens is 4. The predicted molar refractivity (Wildman–Crippen MR) is 68.4 cm³/mol. The van der Waals surface area contributed by atoms with Crippen LogP contribution in [0.5, 0.6) is 5.88 Å². The van der Waals surface area contributed by atoms with E-state index in [2.05, 4.69) is 20.2 Å². The summed E-state index contributed by atoms with van der Waals surface area (Å²) in [5, 5.41) is 7.63. The lowest BCUT2D eigenvalue weighted by molar-refractivity contribution is 0.204. The first kappa shape index (κ1) is 13.0. The minimum absolute atomic E-state index is 0.0950. The van der Waals surface area contributed by atoms with Crippen LogP contribution in [0.4, 0.5) is 0 Å². The van der Waals surface area contributed by atoms with Crippen LogP contribution in [-0.4, -0.2) is 52.1 Å². The number of rotatable bonds is 4. The summed E-state index contributed by atoms with van der Waals surface area (Å²) >= 11 is 0. The first-order valence-corrected chi connectivity index (χ1v) is 7.53. The first-order chi connectivity index (χ1) is 9.66. The Hall–Kier alpha value is -2.00. The molecule has 0 aromatic carbocycles. The topological polar surface area (TPSA) is 101 Å². The fraction of sp³-hybridized carbons (Fsp3) is 0.364. The molecule has 0 radical (unpaired) electrons. The molecule has 2 aromatic heterocycles. The standard InChI is InChI=1S/C11H13N5O3S/c17-20(18,11-6-12-8-13-11)16-5-3-9(7-16)19-10-2-1-4-14-15-10/h1-2,4,6,8-9H,3,5,7H2,(H,12,13). The molecule has 0 bridgehead atoms. The summed E-state index contributed by atoms with van der Waals surface area (Å²) in [6.07, 6.45) is 4.59. The van der Waals surface area contributed by atoms with Gasteiger partial charge in [-0.05, 0) is 12.5 Å². The van der Waals surface area contributed by atoms with Gasteiger partial charge in [0.25, 0.3) is 10.0 Å². The number of imidazole rings is 1. The molecule has 9 heteroatoms. The van der Waals surface area contributed by atoms with Crippen LogP contribution in [0.15, 0.2) is 35.9 Å². The number of nitrogens with one attached hydrogen (secondary N) is 1. The minimum Gasteiger partial charge on any atom is -0.472 e. The van der Waals surface area contributed by atoms with E-state index in [0.29, 0.717) is 18.8 Å². The lowest BCUT2D eigenvalue weighted by Gasteiger charge is -2.15. The summed E-state index contributed by atoms with van der Waals surface area (Å²) < 4.78 is 31.5. The number of ether oxygens (including phenoxy) is 1. The van der Waals surface area contributed by atoms with E-state index in [0.717, 1.165) is 0 Å². The third kappa shape index (κ3) is 2.49. The van der Waals surface area contributed by atoms with Crippen LogP contribution in [0, 0.1) is 0 Å². The maximum Gasteiger partial charge on any atom is 0.260 e. The molecule has 0 saturated carbocycles. The zero-order valence-electron chi connectivity index (χ0n) is 10.5.